The highest BCUT2D eigenvalue weighted by molar-refractivity contribution is 7.99. The Bertz CT molecular complexity index is 1500. The van der Waals surface area contributed by atoms with E-state index in [0.717, 1.165) is 21.1 Å². The molecule has 194 valence electrons. The van der Waals surface area contributed by atoms with Crippen molar-refractivity contribution in [2.45, 2.75) is 40.1 Å². The van der Waals surface area contributed by atoms with Gasteiger partial charge < -0.3 is 14.6 Å². The maximum atomic E-state index is 13.6. The molecule has 11 heteroatoms. The predicted molar refractivity (Wildman–Crippen MR) is 138 cm³/mol. The molecule has 9 nitrogen and oxygen atoms in total. The van der Waals surface area contributed by atoms with Crippen LogP contribution >= 0.6 is 11.8 Å². The summed E-state index contributed by atoms with van der Waals surface area (Å²) in [6, 6.07) is 18.1. The van der Waals surface area contributed by atoms with Gasteiger partial charge in [0.25, 0.3) is 0 Å². The number of methoxy groups -OCH3 is 1. The lowest BCUT2D eigenvalue weighted by molar-refractivity contribution is -0.00963. The molecule has 1 N–H and O–H groups in total. The molecule has 0 spiro atoms. The molecule has 37 heavy (non-hydrogen) atoms. The first-order valence-electron chi connectivity index (χ1n) is 11.9. The first-order chi connectivity index (χ1) is 17.8. The van der Waals surface area contributed by atoms with Gasteiger partial charge in [0.15, 0.2) is 11.0 Å². The minimum absolute atomic E-state index is 0.0334. The van der Waals surface area contributed by atoms with Crippen molar-refractivity contribution in [2.75, 3.05) is 26.8 Å². The summed E-state index contributed by atoms with van der Waals surface area (Å²) >= 11 is 1.42. The molecule has 5 rings (SSSR count). The van der Waals surface area contributed by atoms with Crippen molar-refractivity contribution in [3.63, 3.8) is 0 Å². The van der Waals surface area contributed by atoms with Crippen LogP contribution in [-0.2, 0) is 15.6 Å². The van der Waals surface area contributed by atoms with Crippen molar-refractivity contribution in [3.8, 4) is 11.5 Å². The molecule has 0 unspecified atom stereocenters. The molecule has 0 aliphatic carbocycles. The number of hydrogen-bond donors (Lipinski definition) is 1. The zero-order valence-electron chi connectivity index (χ0n) is 20.5. The highest BCUT2D eigenvalue weighted by atomic mass is 32.2. The second-order valence-corrected chi connectivity index (χ2v) is 11.7. The number of ether oxygens (including phenoxy) is 2. The summed E-state index contributed by atoms with van der Waals surface area (Å²) in [7, 11) is -2.31. The lowest BCUT2D eigenvalue weighted by Crippen LogP contribution is -2.45. The molecular weight excluding hydrogens is 514 g/mol. The van der Waals surface area contributed by atoms with Crippen LogP contribution < -0.4 is 9.47 Å². The number of rotatable bonds is 8. The highest BCUT2D eigenvalue weighted by Crippen LogP contribution is 2.39. The molecule has 4 aromatic rings. The SMILES string of the molecule is CCOc1cccc(Sc2ccc(S(=O)(=O)N3CCC(O)(c4ccc(OC)cc4)CC3)c3nonc23)c1. The minimum atomic E-state index is -3.89. The number of nitrogens with zero attached hydrogens (tertiary/aromatic N) is 3. The van der Waals surface area contributed by atoms with Gasteiger partial charge in [-0.2, -0.15) is 4.31 Å². The Morgan fingerprint density at radius 3 is 2.46 bits per heavy atom. The smallest absolute Gasteiger partial charge is 0.245 e. The molecule has 1 aromatic heterocycles. The Morgan fingerprint density at radius 1 is 1.03 bits per heavy atom. The maximum Gasteiger partial charge on any atom is 0.245 e. The molecule has 0 radical (unpaired) electrons. The third-order valence-electron chi connectivity index (χ3n) is 6.48. The molecule has 1 fully saturated rings. The second-order valence-electron chi connectivity index (χ2n) is 8.70. The Labute approximate surface area is 219 Å². The van der Waals surface area contributed by atoms with Crippen LogP contribution in [-0.4, -0.2) is 54.9 Å². The largest absolute Gasteiger partial charge is 0.497 e. The number of hydrogen-bond acceptors (Lipinski definition) is 9. The standard InChI is InChI=1S/C26H27N3O6S2/c1-3-34-20-5-4-6-21(17-20)36-22-11-12-23(25-24(22)27-35-28-25)37(31,32)29-15-13-26(30,14-16-29)18-7-9-19(33-2)10-8-18/h4-12,17,30H,3,13-16H2,1-2H3. The fourth-order valence-electron chi connectivity index (χ4n) is 4.46. The summed E-state index contributed by atoms with van der Waals surface area (Å²) in [4.78, 5) is 1.67. The number of sulfonamides is 1. The molecule has 2 heterocycles. The summed E-state index contributed by atoms with van der Waals surface area (Å²) in [6.45, 7) is 2.81. The topological polar surface area (TPSA) is 115 Å². The summed E-state index contributed by atoms with van der Waals surface area (Å²) in [5.41, 5.74) is 0.185. The third kappa shape index (κ3) is 5.04. The average Bonchev–Trinajstić information content (AvgIpc) is 3.40. The van der Waals surface area contributed by atoms with E-state index in [9.17, 15) is 13.5 Å². The van der Waals surface area contributed by atoms with Crippen LogP contribution in [0.3, 0.4) is 0 Å². The summed E-state index contributed by atoms with van der Waals surface area (Å²) < 4.78 is 44.3. The summed E-state index contributed by atoms with van der Waals surface area (Å²) in [6.07, 6.45) is 0.533. The Hall–Kier alpha value is -3.12. The Balaban J connectivity index is 1.37. The molecule has 3 aromatic carbocycles. The first kappa shape index (κ1) is 25.5. The molecular formula is C26H27N3O6S2. The van der Waals surface area contributed by atoms with Crippen molar-refractivity contribution < 1.29 is 27.6 Å². The summed E-state index contributed by atoms with van der Waals surface area (Å²) in [5.74, 6) is 1.45. The van der Waals surface area contributed by atoms with E-state index in [0.29, 0.717) is 17.9 Å². The van der Waals surface area contributed by atoms with Gasteiger partial charge in [0.2, 0.25) is 10.0 Å². The Morgan fingerprint density at radius 2 is 1.76 bits per heavy atom. The van der Waals surface area contributed by atoms with Crippen LogP contribution in [0.1, 0.15) is 25.3 Å². The maximum absolute atomic E-state index is 13.6. The van der Waals surface area contributed by atoms with Crippen LogP contribution in [0, 0.1) is 0 Å². The quantitative estimate of drug-likeness (QED) is 0.345. The van der Waals surface area contributed by atoms with Gasteiger partial charge in [-0.15, -0.1) is 0 Å². The van der Waals surface area contributed by atoms with Crippen molar-refractivity contribution >= 4 is 32.8 Å². The van der Waals surface area contributed by atoms with Gasteiger partial charge in [-0.05, 0) is 78.1 Å². The second kappa shape index (κ2) is 10.3. The van der Waals surface area contributed by atoms with Crippen molar-refractivity contribution in [1.29, 1.82) is 0 Å². The molecule has 0 bridgehead atoms. The van der Waals surface area contributed by atoms with Gasteiger partial charge in [-0.25, -0.2) is 13.0 Å². The van der Waals surface area contributed by atoms with E-state index >= 15 is 0 Å². The van der Waals surface area contributed by atoms with E-state index in [1.54, 1.807) is 31.4 Å². The fraction of sp³-hybridized carbons (Fsp3) is 0.308. The van der Waals surface area contributed by atoms with Crippen LogP contribution in [0.15, 0.2) is 80.0 Å². The van der Waals surface area contributed by atoms with Crippen LogP contribution in [0.5, 0.6) is 11.5 Å². The number of piperidine rings is 1. The monoisotopic (exact) mass is 541 g/mol. The van der Waals surface area contributed by atoms with Crippen LogP contribution in [0.25, 0.3) is 11.0 Å². The van der Waals surface area contributed by atoms with Gasteiger partial charge in [0.05, 0.1) is 19.3 Å². The van der Waals surface area contributed by atoms with Gasteiger partial charge in [-0.1, -0.05) is 30.0 Å². The van der Waals surface area contributed by atoms with E-state index in [-0.39, 0.29) is 36.3 Å². The number of benzene rings is 3. The van der Waals surface area contributed by atoms with Crippen LogP contribution in [0.4, 0.5) is 0 Å². The van der Waals surface area contributed by atoms with E-state index < -0.39 is 15.6 Å². The molecule has 1 saturated heterocycles. The van der Waals surface area contributed by atoms with Crippen molar-refractivity contribution in [1.82, 2.24) is 14.6 Å². The van der Waals surface area contributed by atoms with Gasteiger partial charge in [0.1, 0.15) is 16.4 Å². The van der Waals surface area contributed by atoms with Gasteiger partial charge >= 0.3 is 0 Å². The lowest BCUT2D eigenvalue weighted by atomic mass is 9.85. The minimum Gasteiger partial charge on any atom is -0.497 e. The van der Waals surface area contributed by atoms with E-state index in [4.69, 9.17) is 14.1 Å². The molecule has 0 atom stereocenters. The zero-order valence-corrected chi connectivity index (χ0v) is 22.1. The lowest BCUT2D eigenvalue weighted by Gasteiger charge is -2.37. The van der Waals surface area contributed by atoms with E-state index in [1.807, 2.05) is 43.3 Å². The normalized spacial score (nSPS) is 16.1. The number of aliphatic hydroxyl groups is 1. The molecule has 1 aliphatic heterocycles. The van der Waals surface area contributed by atoms with Crippen molar-refractivity contribution in [2.24, 2.45) is 0 Å². The van der Waals surface area contributed by atoms with Gasteiger partial charge in [-0.3, -0.25) is 0 Å². The Kier molecular flexibility index (Phi) is 7.13. The predicted octanol–water partition coefficient (Wildman–Crippen LogP) is 4.45. The van der Waals surface area contributed by atoms with Crippen LogP contribution in [0.2, 0.25) is 0 Å². The fourth-order valence-corrected chi connectivity index (χ4v) is 6.96. The third-order valence-corrected chi connectivity index (χ3v) is 9.45. The van der Waals surface area contributed by atoms with Crippen molar-refractivity contribution in [3.05, 3.63) is 66.2 Å². The molecule has 0 saturated carbocycles. The molecule has 0 amide bonds. The first-order valence-corrected chi connectivity index (χ1v) is 14.1. The average molecular weight is 542 g/mol. The summed E-state index contributed by atoms with van der Waals surface area (Å²) in [5, 5.41) is 19.1. The van der Waals surface area contributed by atoms with Gasteiger partial charge in [0, 0.05) is 22.9 Å². The van der Waals surface area contributed by atoms with E-state index in [2.05, 4.69) is 10.3 Å². The van der Waals surface area contributed by atoms with E-state index in [1.165, 1.54) is 16.1 Å². The number of fused-ring (bicyclic) bond motifs is 1. The molecule has 1 aliphatic rings. The zero-order chi connectivity index (χ0) is 26.0. The number of aromatic nitrogens is 2. The highest BCUT2D eigenvalue weighted by Gasteiger charge is 2.39.